The highest BCUT2D eigenvalue weighted by Crippen LogP contribution is 2.21. The molecule has 1 aromatic carbocycles. The van der Waals surface area contributed by atoms with Gasteiger partial charge in [0.25, 0.3) is 0 Å². The van der Waals surface area contributed by atoms with Crippen LogP contribution in [-0.2, 0) is 0 Å². The summed E-state index contributed by atoms with van der Waals surface area (Å²) in [6.07, 6.45) is 3.37. The van der Waals surface area contributed by atoms with Crippen LogP contribution in [0.15, 0.2) is 42.9 Å². The molecule has 5 nitrogen and oxygen atoms in total. The summed E-state index contributed by atoms with van der Waals surface area (Å²) in [7, 11) is 0. The van der Waals surface area contributed by atoms with Gasteiger partial charge in [-0.3, -0.25) is 0 Å². The molecule has 3 heterocycles. The van der Waals surface area contributed by atoms with Crippen molar-refractivity contribution in [2.24, 2.45) is 0 Å². The summed E-state index contributed by atoms with van der Waals surface area (Å²) in [6, 6.07) is 10.1. The predicted octanol–water partition coefficient (Wildman–Crippen LogP) is 2.50. The fourth-order valence-corrected chi connectivity index (χ4v) is 2.06. The second-order valence-corrected chi connectivity index (χ2v) is 4.10. The molecule has 0 saturated heterocycles. The standard InChI is InChI=1S/C13H9N5/c1-2-4-9-8(3-1)5-10(17-9)12-14-6-11-13(18-12)16-7-15-11/h1-7,17H,(H,14,15,16,18). The Hall–Kier alpha value is -2.69. The van der Waals surface area contributed by atoms with E-state index in [0.717, 1.165) is 22.1 Å². The van der Waals surface area contributed by atoms with Gasteiger partial charge in [-0.2, -0.15) is 0 Å². The van der Waals surface area contributed by atoms with E-state index in [4.69, 9.17) is 0 Å². The number of nitrogens with zero attached hydrogens (tertiary/aromatic N) is 3. The van der Waals surface area contributed by atoms with Crippen molar-refractivity contribution in [3.05, 3.63) is 42.9 Å². The van der Waals surface area contributed by atoms with Crippen LogP contribution in [0, 0.1) is 0 Å². The zero-order valence-corrected chi connectivity index (χ0v) is 9.38. The first-order chi connectivity index (χ1) is 8.90. The van der Waals surface area contributed by atoms with Crippen LogP contribution in [0.1, 0.15) is 0 Å². The first-order valence-electron chi connectivity index (χ1n) is 5.64. The minimum Gasteiger partial charge on any atom is -0.352 e. The van der Waals surface area contributed by atoms with Crippen molar-refractivity contribution in [2.75, 3.05) is 0 Å². The third kappa shape index (κ3) is 1.31. The van der Waals surface area contributed by atoms with E-state index in [-0.39, 0.29) is 0 Å². The minimum absolute atomic E-state index is 0.658. The molecule has 0 aliphatic rings. The third-order valence-corrected chi connectivity index (χ3v) is 2.95. The van der Waals surface area contributed by atoms with Crippen LogP contribution in [-0.4, -0.2) is 24.9 Å². The molecule has 0 amide bonds. The number of hydrogen-bond donors (Lipinski definition) is 2. The van der Waals surface area contributed by atoms with E-state index in [2.05, 4.69) is 31.0 Å². The molecule has 86 valence electrons. The zero-order chi connectivity index (χ0) is 11.9. The average molecular weight is 235 g/mol. The fraction of sp³-hybridized carbons (Fsp3) is 0. The molecule has 0 radical (unpaired) electrons. The van der Waals surface area contributed by atoms with Gasteiger partial charge in [0.05, 0.1) is 18.2 Å². The van der Waals surface area contributed by atoms with Crippen molar-refractivity contribution in [2.45, 2.75) is 0 Å². The molecule has 0 bridgehead atoms. The van der Waals surface area contributed by atoms with Crippen molar-refractivity contribution in [3.63, 3.8) is 0 Å². The molecule has 4 rings (SSSR count). The maximum absolute atomic E-state index is 4.42. The molecule has 0 aliphatic heterocycles. The van der Waals surface area contributed by atoms with Gasteiger partial charge in [0.15, 0.2) is 11.5 Å². The Labute approximate surface area is 102 Å². The molecule has 18 heavy (non-hydrogen) atoms. The highest BCUT2D eigenvalue weighted by Gasteiger charge is 2.07. The van der Waals surface area contributed by atoms with Gasteiger partial charge in [0.2, 0.25) is 0 Å². The maximum atomic E-state index is 4.42. The summed E-state index contributed by atoms with van der Waals surface area (Å²) in [6.45, 7) is 0. The van der Waals surface area contributed by atoms with Crippen LogP contribution >= 0.6 is 0 Å². The highest BCUT2D eigenvalue weighted by atomic mass is 15.0. The normalized spacial score (nSPS) is 11.3. The number of nitrogens with one attached hydrogen (secondary N) is 2. The van der Waals surface area contributed by atoms with Crippen LogP contribution in [0.3, 0.4) is 0 Å². The molecule has 0 unspecified atom stereocenters. The molecule has 0 atom stereocenters. The highest BCUT2D eigenvalue weighted by molar-refractivity contribution is 5.85. The average Bonchev–Trinajstić information content (AvgIpc) is 3.04. The number of imidazole rings is 1. The summed E-state index contributed by atoms with van der Waals surface area (Å²) >= 11 is 0. The Bertz CT molecular complexity index is 809. The number of H-pyrrole nitrogens is 2. The predicted molar refractivity (Wildman–Crippen MR) is 69.0 cm³/mol. The van der Waals surface area contributed by atoms with Crippen molar-refractivity contribution in [1.29, 1.82) is 0 Å². The summed E-state index contributed by atoms with van der Waals surface area (Å²) in [4.78, 5) is 19.2. The van der Waals surface area contributed by atoms with Gasteiger partial charge in [-0.25, -0.2) is 15.0 Å². The first-order valence-corrected chi connectivity index (χ1v) is 5.64. The molecule has 0 fully saturated rings. The third-order valence-electron chi connectivity index (χ3n) is 2.95. The lowest BCUT2D eigenvalue weighted by atomic mass is 10.2. The summed E-state index contributed by atoms with van der Waals surface area (Å²) in [5.41, 5.74) is 3.51. The number of hydrogen-bond acceptors (Lipinski definition) is 3. The molecule has 0 spiro atoms. The first kappa shape index (κ1) is 9.35. The Kier molecular flexibility index (Phi) is 1.77. The van der Waals surface area contributed by atoms with Crippen LogP contribution < -0.4 is 0 Å². The SMILES string of the molecule is c1ccc2[nH]c(-c3ncc4[nH]cnc4n3)cc2c1. The molecular weight excluding hydrogens is 226 g/mol. The van der Waals surface area contributed by atoms with E-state index in [1.807, 2.05) is 24.3 Å². The number of rotatable bonds is 1. The molecule has 0 saturated carbocycles. The van der Waals surface area contributed by atoms with E-state index in [1.54, 1.807) is 12.5 Å². The van der Waals surface area contributed by atoms with Crippen LogP contribution in [0.5, 0.6) is 0 Å². The minimum atomic E-state index is 0.658. The number of fused-ring (bicyclic) bond motifs is 2. The molecular formula is C13H9N5. The second kappa shape index (κ2) is 3.40. The number of benzene rings is 1. The Morgan fingerprint density at radius 3 is 2.89 bits per heavy atom. The smallest absolute Gasteiger partial charge is 0.181 e. The van der Waals surface area contributed by atoms with Crippen molar-refractivity contribution < 1.29 is 0 Å². The number of aromatic nitrogens is 5. The van der Waals surface area contributed by atoms with E-state index >= 15 is 0 Å². The fourth-order valence-electron chi connectivity index (χ4n) is 2.06. The van der Waals surface area contributed by atoms with Gasteiger partial charge < -0.3 is 9.97 Å². The lowest BCUT2D eigenvalue weighted by Crippen LogP contribution is -1.89. The topological polar surface area (TPSA) is 70.2 Å². The van der Waals surface area contributed by atoms with Crippen LogP contribution in [0.2, 0.25) is 0 Å². The van der Waals surface area contributed by atoms with E-state index in [1.165, 1.54) is 0 Å². The Morgan fingerprint density at radius 2 is 1.94 bits per heavy atom. The molecule has 2 N–H and O–H groups in total. The second-order valence-electron chi connectivity index (χ2n) is 4.10. The lowest BCUT2D eigenvalue weighted by Gasteiger charge is -1.95. The summed E-state index contributed by atoms with van der Waals surface area (Å²) in [5, 5.41) is 1.15. The molecule has 3 aromatic heterocycles. The molecule has 5 heteroatoms. The Balaban J connectivity index is 1.94. The van der Waals surface area contributed by atoms with Crippen molar-refractivity contribution in [1.82, 2.24) is 24.9 Å². The molecule has 0 aliphatic carbocycles. The lowest BCUT2D eigenvalue weighted by molar-refractivity contribution is 1.18. The number of para-hydroxylation sites is 1. The van der Waals surface area contributed by atoms with Crippen LogP contribution in [0.25, 0.3) is 33.6 Å². The van der Waals surface area contributed by atoms with Gasteiger partial charge in [-0.05, 0) is 12.1 Å². The van der Waals surface area contributed by atoms with Gasteiger partial charge >= 0.3 is 0 Å². The van der Waals surface area contributed by atoms with Gasteiger partial charge in [-0.1, -0.05) is 18.2 Å². The van der Waals surface area contributed by atoms with Gasteiger partial charge in [0, 0.05) is 10.9 Å². The maximum Gasteiger partial charge on any atom is 0.181 e. The van der Waals surface area contributed by atoms with Crippen molar-refractivity contribution in [3.8, 4) is 11.5 Å². The van der Waals surface area contributed by atoms with Gasteiger partial charge in [0.1, 0.15) is 5.52 Å². The summed E-state index contributed by atoms with van der Waals surface area (Å²) in [5.74, 6) is 0.658. The van der Waals surface area contributed by atoms with Crippen LogP contribution in [0.4, 0.5) is 0 Å². The van der Waals surface area contributed by atoms with E-state index < -0.39 is 0 Å². The van der Waals surface area contributed by atoms with Gasteiger partial charge in [-0.15, -0.1) is 0 Å². The monoisotopic (exact) mass is 235 g/mol. The largest absolute Gasteiger partial charge is 0.352 e. The van der Waals surface area contributed by atoms with Crippen molar-refractivity contribution >= 4 is 22.1 Å². The Morgan fingerprint density at radius 1 is 1.00 bits per heavy atom. The zero-order valence-electron chi connectivity index (χ0n) is 9.38. The number of aromatic amines is 2. The quantitative estimate of drug-likeness (QED) is 0.532. The van der Waals surface area contributed by atoms with E-state index in [0.29, 0.717) is 11.5 Å². The summed E-state index contributed by atoms with van der Waals surface area (Å²) < 4.78 is 0. The molecule has 4 aromatic rings. The van der Waals surface area contributed by atoms with E-state index in [9.17, 15) is 0 Å².